The molecule has 0 aliphatic rings. The van der Waals surface area contributed by atoms with E-state index in [1.54, 1.807) is 0 Å². The van der Waals surface area contributed by atoms with Crippen molar-refractivity contribution >= 4 is 10.0 Å². The molecule has 0 amide bonds. The van der Waals surface area contributed by atoms with Crippen molar-refractivity contribution in [3.63, 3.8) is 0 Å². The van der Waals surface area contributed by atoms with Gasteiger partial charge in [0.1, 0.15) is 0 Å². The largest absolute Gasteiger partial charge is 0.416 e. The highest BCUT2D eigenvalue weighted by Gasteiger charge is 2.34. The lowest BCUT2D eigenvalue weighted by atomic mass is 10.1. The van der Waals surface area contributed by atoms with E-state index in [2.05, 4.69) is 0 Å². The van der Waals surface area contributed by atoms with Gasteiger partial charge in [0.25, 0.3) is 0 Å². The number of nitrogens with zero attached hydrogens (tertiary/aromatic N) is 1. The second-order valence-electron chi connectivity index (χ2n) is 3.69. The molecular weight excluding hydrogens is 255 g/mol. The molecule has 0 spiro atoms. The van der Waals surface area contributed by atoms with Crippen LogP contribution in [0.5, 0.6) is 0 Å². The average molecular weight is 267 g/mol. The van der Waals surface area contributed by atoms with Crippen LogP contribution in [0.2, 0.25) is 0 Å². The first-order valence-electron chi connectivity index (χ1n) is 4.70. The molecule has 0 saturated carbocycles. The number of sulfonamides is 1. The molecule has 0 bridgehead atoms. The van der Waals surface area contributed by atoms with E-state index >= 15 is 0 Å². The number of halogens is 3. The Bertz CT molecular complexity index is 495. The van der Waals surface area contributed by atoms with Crippen LogP contribution in [0.3, 0.4) is 0 Å². The highest BCUT2D eigenvalue weighted by atomic mass is 32.2. The summed E-state index contributed by atoms with van der Waals surface area (Å²) >= 11 is 0. The van der Waals surface area contributed by atoms with Gasteiger partial charge in [-0.15, -0.1) is 0 Å². The summed E-state index contributed by atoms with van der Waals surface area (Å²) in [6, 6.07) is 4.66. The number of rotatable bonds is 3. The van der Waals surface area contributed by atoms with Crippen LogP contribution in [-0.2, 0) is 22.0 Å². The molecule has 0 radical (unpaired) electrons. The molecule has 1 aromatic carbocycles. The van der Waals surface area contributed by atoms with Gasteiger partial charge in [-0.25, -0.2) is 12.7 Å². The summed E-state index contributed by atoms with van der Waals surface area (Å²) < 4.78 is 61.8. The highest BCUT2D eigenvalue weighted by molar-refractivity contribution is 7.88. The van der Waals surface area contributed by atoms with Crippen LogP contribution in [0.15, 0.2) is 24.3 Å². The minimum absolute atomic E-state index is 0.242. The molecule has 1 aromatic rings. The highest BCUT2D eigenvalue weighted by Crippen LogP contribution is 2.32. The first-order chi connectivity index (χ1) is 7.64. The maximum Gasteiger partial charge on any atom is 0.416 e. The third-order valence-corrected chi connectivity index (χ3v) is 4.01. The van der Waals surface area contributed by atoms with Crippen molar-refractivity contribution in [1.82, 2.24) is 4.31 Å². The Balaban J connectivity index is 3.17. The Morgan fingerprint density at radius 2 is 1.71 bits per heavy atom. The van der Waals surface area contributed by atoms with Crippen LogP contribution in [0, 0.1) is 0 Å². The lowest BCUT2D eigenvalue weighted by molar-refractivity contribution is -0.138. The predicted molar refractivity (Wildman–Crippen MR) is 57.8 cm³/mol. The summed E-state index contributed by atoms with van der Waals surface area (Å²) in [6.07, 6.45) is -4.54. The van der Waals surface area contributed by atoms with E-state index in [9.17, 15) is 21.6 Å². The smallest absolute Gasteiger partial charge is 0.212 e. The monoisotopic (exact) mass is 267 g/mol. The van der Waals surface area contributed by atoms with Crippen LogP contribution in [0.4, 0.5) is 13.2 Å². The second-order valence-corrected chi connectivity index (χ2v) is 5.88. The fourth-order valence-corrected chi connectivity index (χ4v) is 2.15. The van der Waals surface area contributed by atoms with Crippen molar-refractivity contribution in [2.45, 2.75) is 11.9 Å². The van der Waals surface area contributed by atoms with Gasteiger partial charge in [0.2, 0.25) is 10.0 Å². The lowest BCUT2D eigenvalue weighted by Crippen LogP contribution is -2.25. The van der Waals surface area contributed by atoms with Gasteiger partial charge in [0.05, 0.1) is 11.3 Å². The van der Waals surface area contributed by atoms with Crippen LogP contribution in [0.25, 0.3) is 0 Å². The van der Waals surface area contributed by atoms with Gasteiger partial charge in [0, 0.05) is 14.1 Å². The van der Waals surface area contributed by atoms with Gasteiger partial charge >= 0.3 is 6.18 Å². The van der Waals surface area contributed by atoms with Crippen molar-refractivity contribution in [2.75, 3.05) is 14.1 Å². The summed E-state index contributed by atoms with van der Waals surface area (Å²) in [6.45, 7) is 0. The van der Waals surface area contributed by atoms with Crippen molar-refractivity contribution in [1.29, 1.82) is 0 Å². The number of hydrogen-bond acceptors (Lipinski definition) is 2. The molecule has 96 valence electrons. The summed E-state index contributed by atoms with van der Waals surface area (Å²) in [5.74, 6) is -0.657. The fraction of sp³-hybridized carbons (Fsp3) is 0.400. The number of alkyl halides is 3. The molecule has 1 rings (SSSR count). The third kappa shape index (κ3) is 3.44. The summed E-state index contributed by atoms with van der Waals surface area (Å²) in [4.78, 5) is 0. The van der Waals surface area contributed by atoms with E-state index in [1.807, 2.05) is 0 Å². The summed E-state index contributed by atoms with van der Waals surface area (Å²) in [7, 11) is -1.13. The molecular formula is C10H12F3NO2S. The summed E-state index contributed by atoms with van der Waals surface area (Å²) in [5.41, 5.74) is -1.15. The molecule has 0 aliphatic carbocycles. The predicted octanol–water partition coefficient (Wildman–Crippen LogP) is 2.10. The Labute approximate surface area is 97.9 Å². The molecule has 7 heteroatoms. The quantitative estimate of drug-likeness (QED) is 0.841. The standard InChI is InChI=1S/C10H12F3NO2S/c1-14(2)17(15,16)7-8-5-3-4-6-9(8)10(11,12)13/h3-6H,7H2,1-2H3. The fourth-order valence-electron chi connectivity index (χ4n) is 1.25. The van der Waals surface area contributed by atoms with Crippen LogP contribution in [-0.4, -0.2) is 26.8 Å². The molecule has 0 saturated heterocycles. The molecule has 17 heavy (non-hydrogen) atoms. The first-order valence-corrected chi connectivity index (χ1v) is 6.31. The minimum atomic E-state index is -4.54. The molecule has 3 nitrogen and oxygen atoms in total. The van der Waals surface area contributed by atoms with E-state index in [1.165, 1.54) is 32.3 Å². The Kier molecular flexibility index (Phi) is 3.83. The van der Waals surface area contributed by atoms with E-state index in [0.29, 0.717) is 0 Å². The molecule has 0 unspecified atom stereocenters. The molecule has 0 heterocycles. The van der Waals surface area contributed by atoms with Gasteiger partial charge < -0.3 is 0 Å². The van der Waals surface area contributed by atoms with Crippen LogP contribution >= 0.6 is 0 Å². The van der Waals surface area contributed by atoms with E-state index in [-0.39, 0.29) is 5.56 Å². The Morgan fingerprint density at radius 1 is 1.18 bits per heavy atom. The zero-order chi connectivity index (χ0) is 13.3. The molecule has 0 N–H and O–H groups in total. The number of hydrogen-bond donors (Lipinski definition) is 0. The molecule has 0 aliphatic heterocycles. The van der Waals surface area contributed by atoms with Crippen LogP contribution in [0.1, 0.15) is 11.1 Å². The summed E-state index contributed by atoms with van der Waals surface area (Å²) in [5, 5.41) is 0. The zero-order valence-corrected chi connectivity index (χ0v) is 10.1. The normalized spacial score (nSPS) is 13.1. The Morgan fingerprint density at radius 3 is 2.18 bits per heavy atom. The van der Waals surface area contributed by atoms with Crippen molar-refractivity contribution in [2.24, 2.45) is 0 Å². The first kappa shape index (κ1) is 14.0. The van der Waals surface area contributed by atoms with E-state index < -0.39 is 27.5 Å². The SMILES string of the molecule is CN(C)S(=O)(=O)Cc1ccccc1C(F)(F)F. The maximum absolute atomic E-state index is 12.6. The van der Waals surface area contributed by atoms with Crippen molar-refractivity contribution in [3.8, 4) is 0 Å². The molecule has 0 atom stereocenters. The second kappa shape index (κ2) is 4.66. The van der Waals surface area contributed by atoms with Gasteiger partial charge in [-0.05, 0) is 11.6 Å². The average Bonchev–Trinajstić information content (AvgIpc) is 2.15. The van der Waals surface area contributed by atoms with E-state index in [0.717, 1.165) is 10.4 Å². The van der Waals surface area contributed by atoms with Crippen LogP contribution < -0.4 is 0 Å². The van der Waals surface area contributed by atoms with Gasteiger partial charge in [-0.3, -0.25) is 0 Å². The third-order valence-electron chi connectivity index (χ3n) is 2.22. The lowest BCUT2D eigenvalue weighted by Gasteiger charge is -2.15. The maximum atomic E-state index is 12.6. The van der Waals surface area contributed by atoms with Gasteiger partial charge in [-0.2, -0.15) is 13.2 Å². The number of benzene rings is 1. The minimum Gasteiger partial charge on any atom is -0.212 e. The Hall–Kier alpha value is -1.08. The molecule has 0 fully saturated rings. The van der Waals surface area contributed by atoms with Crippen molar-refractivity contribution < 1.29 is 21.6 Å². The molecule has 0 aromatic heterocycles. The topological polar surface area (TPSA) is 37.4 Å². The van der Waals surface area contributed by atoms with Gasteiger partial charge in [-0.1, -0.05) is 18.2 Å². The zero-order valence-electron chi connectivity index (χ0n) is 9.32. The van der Waals surface area contributed by atoms with Gasteiger partial charge in [0.15, 0.2) is 0 Å². The van der Waals surface area contributed by atoms with E-state index in [4.69, 9.17) is 0 Å². The van der Waals surface area contributed by atoms with Crippen molar-refractivity contribution in [3.05, 3.63) is 35.4 Å².